The zero-order valence-electron chi connectivity index (χ0n) is 15.6. The Morgan fingerprint density at radius 2 is 1.74 bits per heavy atom. The lowest BCUT2D eigenvalue weighted by Gasteiger charge is -2.13. The summed E-state index contributed by atoms with van der Waals surface area (Å²) in [6.45, 7) is 2.40. The van der Waals surface area contributed by atoms with E-state index in [4.69, 9.17) is 0 Å². The number of nitrogens with one attached hydrogen (secondary N) is 2. The summed E-state index contributed by atoms with van der Waals surface area (Å²) in [5.41, 5.74) is 3.15. The number of hydrogen-bond acceptors (Lipinski definition) is 5. The number of anilines is 2. The van der Waals surface area contributed by atoms with Crippen LogP contribution in [0.4, 0.5) is 11.8 Å². The van der Waals surface area contributed by atoms with Gasteiger partial charge in [-0.1, -0.05) is 58.4 Å². The van der Waals surface area contributed by atoms with E-state index in [0.717, 1.165) is 34.6 Å². The van der Waals surface area contributed by atoms with E-state index >= 15 is 0 Å². The molecule has 2 aromatic carbocycles. The molecule has 0 spiro atoms. The maximum Gasteiger partial charge on any atom is 0.225 e. The normalized spacial score (nSPS) is 10.8. The van der Waals surface area contributed by atoms with Gasteiger partial charge in [0.05, 0.1) is 5.69 Å². The molecule has 0 aliphatic carbocycles. The van der Waals surface area contributed by atoms with E-state index in [-0.39, 0.29) is 0 Å². The van der Waals surface area contributed by atoms with E-state index in [9.17, 15) is 0 Å². The lowest BCUT2D eigenvalue weighted by atomic mass is 10.1. The highest BCUT2D eigenvalue weighted by molar-refractivity contribution is 9.10. The monoisotopic (exact) mass is 425 g/mol. The van der Waals surface area contributed by atoms with Gasteiger partial charge in [0, 0.05) is 35.7 Å². The van der Waals surface area contributed by atoms with Crippen LogP contribution in [0.3, 0.4) is 0 Å². The molecule has 1 heterocycles. The molecule has 2 N–H and O–H groups in total. The highest BCUT2D eigenvalue weighted by Gasteiger charge is 2.07. The third kappa shape index (κ3) is 6.05. The summed E-state index contributed by atoms with van der Waals surface area (Å²) in [7, 11) is 4.10. The van der Waals surface area contributed by atoms with Crippen LogP contribution >= 0.6 is 15.9 Å². The largest absolute Gasteiger partial charge is 0.366 e. The minimum Gasteiger partial charge on any atom is -0.366 e. The third-order valence-electron chi connectivity index (χ3n) is 4.00. The molecule has 0 bridgehead atoms. The molecule has 27 heavy (non-hydrogen) atoms. The summed E-state index contributed by atoms with van der Waals surface area (Å²) >= 11 is 3.51. The van der Waals surface area contributed by atoms with Gasteiger partial charge in [-0.2, -0.15) is 4.98 Å². The summed E-state index contributed by atoms with van der Waals surface area (Å²) in [6, 6.07) is 20.4. The number of halogens is 1. The molecule has 5 nitrogen and oxygen atoms in total. The molecule has 1 aromatic heterocycles. The Hall–Kier alpha value is -2.44. The van der Waals surface area contributed by atoms with Crippen molar-refractivity contribution >= 4 is 27.7 Å². The Balaban J connectivity index is 1.80. The number of likely N-dealkylation sites (N-methyl/N-ethyl adjacent to an activating group) is 1. The Kier molecular flexibility index (Phi) is 6.79. The molecule has 0 saturated heterocycles. The van der Waals surface area contributed by atoms with Crippen molar-refractivity contribution in [3.05, 3.63) is 70.7 Å². The first-order chi connectivity index (χ1) is 13.1. The van der Waals surface area contributed by atoms with E-state index in [0.29, 0.717) is 12.5 Å². The molecule has 140 valence electrons. The molecule has 0 aliphatic rings. The molecule has 0 fully saturated rings. The van der Waals surface area contributed by atoms with Crippen LogP contribution in [0.5, 0.6) is 0 Å². The van der Waals surface area contributed by atoms with Crippen LogP contribution in [0, 0.1) is 0 Å². The number of nitrogens with zero attached hydrogens (tertiary/aromatic N) is 3. The first-order valence-corrected chi connectivity index (χ1v) is 9.71. The van der Waals surface area contributed by atoms with E-state index < -0.39 is 0 Å². The minimum atomic E-state index is 0.634. The van der Waals surface area contributed by atoms with E-state index in [1.54, 1.807) is 0 Å². The van der Waals surface area contributed by atoms with Gasteiger partial charge in [0.1, 0.15) is 5.82 Å². The van der Waals surface area contributed by atoms with Crippen molar-refractivity contribution in [1.82, 2.24) is 14.9 Å². The van der Waals surface area contributed by atoms with Crippen LogP contribution in [0.2, 0.25) is 0 Å². The fraction of sp³-hybridized carbons (Fsp3) is 0.238. The van der Waals surface area contributed by atoms with Crippen molar-refractivity contribution in [3.8, 4) is 11.3 Å². The number of aromatic nitrogens is 2. The standard InChI is InChI=1S/C21H24BrN5/c1-27(2)12-11-23-21-25-19(17-8-4-3-5-9-17)14-20(26-21)24-15-16-7-6-10-18(22)13-16/h3-10,13-14H,11-12,15H2,1-2H3,(H2,23,24,25,26). The Bertz CT molecular complexity index is 867. The Labute approximate surface area is 169 Å². The van der Waals surface area contributed by atoms with Crippen LogP contribution in [0.15, 0.2) is 65.1 Å². The fourth-order valence-corrected chi connectivity index (χ4v) is 3.05. The van der Waals surface area contributed by atoms with Crippen molar-refractivity contribution in [3.63, 3.8) is 0 Å². The smallest absolute Gasteiger partial charge is 0.225 e. The highest BCUT2D eigenvalue weighted by atomic mass is 79.9. The predicted molar refractivity (Wildman–Crippen MR) is 116 cm³/mol. The lowest BCUT2D eigenvalue weighted by Crippen LogP contribution is -2.21. The summed E-state index contributed by atoms with van der Waals surface area (Å²) in [5, 5.41) is 6.74. The molecule has 0 atom stereocenters. The summed E-state index contributed by atoms with van der Waals surface area (Å²) < 4.78 is 1.07. The van der Waals surface area contributed by atoms with E-state index in [1.165, 1.54) is 5.56 Å². The molecule has 0 aliphatic heterocycles. The zero-order valence-corrected chi connectivity index (χ0v) is 17.2. The van der Waals surface area contributed by atoms with Gasteiger partial charge in [-0.05, 0) is 31.8 Å². The van der Waals surface area contributed by atoms with Crippen LogP contribution in [0.1, 0.15) is 5.56 Å². The molecular weight excluding hydrogens is 402 g/mol. The molecule has 6 heteroatoms. The highest BCUT2D eigenvalue weighted by Crippen LogP contribution is 2.22. The second-order valence-corrected chi connectivity index (χ2v) is 7.46. The van der Waals surface area contributed by atoms with Crippen LogP contribution in [0.25, 0.3) is 11.3 Å². The topological polar surface area (TPSA) is 53.1 Å². The Morgan fingerprint density at radius 1 is 0.926 bits per heavy atom. The summed E-state index contributed by atoms with van der Waals surface area (Å²) in [4.78, 5) is 11.4. The van der Waals surface area contributed by atoms with Crippen LogP contribution in [-0.4, -0.2) is 42.1 Å². The van der Waals surface area contributed by atoms with Gasteiger partial charge in [-0.3, -0.25) is 0 Å². The number of rotatable bonds is 8. The van der Waals surface area contributed by atoms with Crippen molar-refractivity contribution in [2.24, 2.45) is 0 Å². The molecule has 0 amide bonds. The van der Waals surface area contributed by atoms with Gasteiger partial charge in [0.2, 0.25) is 5.95 Å². The maximum absolute atomic E-state index is 4.68. The van der Waals surface area contributed by atoms with Gasteiger partial charge >= 0.3 is 0 Å². The van der Waals surface area contributed by atoms with Crippen LogP contribution < -0.4 is 10.6 Å². The lowest BCUT2D eigenvalue weighted by molar-refractivity contribution is 0.425. The van der Waals surface area contributed by atoms with Crippen LogP contribution in [-0.2, 0) is 6.54 Å². The molecule has 0 unspecified atom stereocenters. The van der Waals surface area contributed by atoms with Gasteiger partial charge in [-0.25, -0.2) is 4.98 Å². The predicted octanol–water partition coefficient (Wildman–Crippen LogP) is 4.49. The first-order valence-electron chi connectivity index (χ1n) is 8.91. The first kappa shape index (κ1) is 19.3. The van der Waals surface area contributed by atoms with Gasteiger partial charge < -0.3 is 15.5 Å². The van der Waals surface area contributed by atoms with Crippen molar-refractivity contribution in [1.29, 1.82) is 0 Å². The van der Waals surface area contributed by atoms with Gasteiger partial charge in [0.25, 0.3) is 0 Å². The van der Waals surface area contributed by atoms with Gasteiger partial charge in [-0.15, -0.1) is 0 Å². The average molecular weight is 426 g/mol. The number of hydrogen-bond donors (Lipinski definition) is 2. The fourth-order valence-electron chi connectivity index (χ4n) is 2.60. The molecule has 3 aromatic rings. The second kappa shape index (κ2) is 9.48. The molecule has 0 radical (unpaired) electrons. The maximum atomic E-state index is 4.68. The zero-order chi connectivity index (χ0) is 19.1. The van der Waals surface area contributed by atoms with Crippen molar-refractivity contribution < 1.29 is 0 Å². The third-order valence-corrected chi connectivity index (χ3v) is 4.49. The Morgan fingerprint density at radius 3 is 2.48 bits per heavy atom. The van der Waals surface area contributed by atoms with E-state index in [2.05, 4.69) is 65.7 Å². The van der Waals surface area contributed by atoms with E-state index in [1.807, 2.05) is 50.5 Å². The van der Waals surface area contributed by atoms with Gasteiger partial charge in [0.15, 0.2) is 0 Å². The van der Waals surface area contributed by atoms with Crippen molar-refractivity contribution in [2.75, 3.05) is 37.8 Å². The average Bonchev–Trinajstić information content (AvgIpc) is 2.67. The quantitative estimate of drug-likeness (QED) is 0.556. The summed E-state index contributed by atoms with van der Waals surface area (Å²) in [5.74, 6) is 1.44. The number of benzene rings is 2. The molecular formula is C21H24BrN5. The molecule has 0 saturated carbocycles. The summed E-state index contributed by atoms with van der Waals surface area (Å²) in [6.07, 6.45) is 0. The minimum absolute atomic E-state index is 0.634. The second-order valence-electron chi connectivity index (χ2n) is 6.54. The SMILES string of the molecule is CN(C)CCNc1nc(NCc2cccc(Br)c2)cc(-c2ccccc2)n1. The van der Waals surface area contributed by atoms with Crippen molar-refractivity contribution in [2.45, 2.75) is 6.54 Å². The molecule has 3 rings (SSSR count).